The van der Waals surface area contributed by atoms with Gasteiger partial charge in [-0.05, 0) is 86.4 Å². The fourth-order valence-electron chi connectivity index (χ4n) is 3.68. The highest BCUT2D eigenvalue weighted by atomic mass is 16.1. The van der Waals surface area contributed by atoms with E-state index in [-0.39, 0.29) is 5.91 Å². The molecule has 0 bridgehead atoms. The first-order chi connectivity index (χ1) is 15.1. The highest BCUT2D eigenvalue weighted by molar-refractivity contribution is 6.04. The summed E-state index contributed by atoms with van der Waals surface area (Å²) in [7, 11) is 3.75. The van der Waals surface area contributed by atoms with E-state index in [0.717, 1.165) is 30.8 Å². The van der Waals surface area contributed by atoms with Gasteiger partial charge in [0.25, 0.3) is 5.91 Å². The molecular formula is C27H33N3O. The van der Waals surface area contributed by atoms with Gasteiger partial charge in [-0.3, -0.25) is 4.79 Å². The fourth-order valence-corrected chi connectivity index (χ4v) is 3.68. The SMILES string of the molecule is CCc1ccc(-c2ccc(C(=O)Nc3ccc(N4CCCC4)cc3)cc2)cc1.CNC. The molecule has 0 aliphatic carbocycles. The molecule has 1 heterocycles. The van der Waals surface area contributed by atoms with Crippen LogP contribution in [-0.2, 0) is 6.42 Å². The maximum Gasteiger partial charge on any atom is 0.255 e. The van der Waals surface area contributed by atoms with Crippen LogP contribution >= 0.6 is 0 Å². The Balaban J connectivity index is 0.000000858. The summed E-state index contributed by atoms with van der Waals surface area (Å²) in [6, 6.07) is 24.5. The van der Waals surface area contributed by atoms with Gasteiger partial charge in [-0.2, -0.15) is 0 Å². The van der Waals surface area contributed by atoms with Crippen molar-refractivity contribution in [2.75, 3.05) is 37.4 Å². The summed E-state index contributed by atoms with van der Waals surface area (Å²) in [6.45, 7) is 4.40. The Labute approximate surface area is 186 Å². The van der Waals surface area contributed by atoms with Gasteiger partial charge in [0, 0.05) is 30.0 Å². The van der Waals surface area contributed by atoms with Gasteiger partial charge in [0.1, 0.15) is 0 Å². The monoisotopic (exact) mass is 415 g/mol. The van der Waals surface area contributed by atoms with Crippen molar-refractivity contribution in [3.05, 3.63) is 83.9 Å². The topological polar surface area (TPSA) is 44.4 Å². The molecule has 1 aliphatic heterocycles. The minimum atomic E-state index is -0.0817. The van der Waals surface area contributed by atoms with Gasteiger partial charge in [-0.25, -0.2) is 0 Å². The van der Waals surface area contributed by atoms with Crippen LogP contribution in [0.4, 0.5) is 11.4 Å². The smallest absolute Gasteiger partial charge is 0.255 e. The molecule has 2 N–H and O–H groups in total. The second-order valence-corrected chi connectivity index (χ2v) is 7.82. The van der Waals surface area contributed by atoms with Crippen LogP contribution in [0.3, 0.4) is 0 Å². The molecule has 1 aliphatic rings. The number of carbonyl (C=O) groups is 1. The Kier molecular flexibility index (Phi) is 8.25. The van der Waals surface area contributed by atoms with Crippen LogP contribution in [0, 0.1) is 0 Å². The van der Waals surface area contributed by atoms with E-state index in [2.05, 4.69) is 58.9 Å². The van der Waals surface area contributed by atoms with E-state index in [4.69, 9.17) is 0 Å². The highest BCUT2D eigenvalue weighted by Crippen LogP contribution is 2.23. The first-order valence-corrected chi connectivity index (χ1v) is 11.1. The highest BCUT2D eigenvalue weighted by Gasteiger charge is 2.12. The van der Waals surface area contributed by atoms with Crippen molar-refractivity contribution in [3.8, 4) is 11.1 Å². The number of anilines is 2. The number of carbonyl (C=O) groups excluding carboxylic acids is 1. The van der Waals surface area contributed by atoms with Gasteiger partial charge in [0.05, 0.1) is 0 Å². The van der Waals surface area contributed by atoms with Crippen LogP contribution in [0.1, 0.15) is 35.7 Å². The standard InChI is InChI=1S/C25H26N2O.C2H7N/c1-2-19-5-7-20(8-6-19)21-9-11-22(12-10-21)25(28)26-23-13-15-24(16-14-23)27-17-3-4-18-27;1-3-2/h5-16H,2-4,17-18H2,1H3,(H,26,28);3H,1-2H3. The first-order valence-electron chi connectivity index (χ1n) is 11.1. The molecule has 4 heteroatoms. The number of hydrogen-bond donors (Lipinski definition) is 2. The van der Waals surface area contributed by atoms with Gasteiger partial charge >= 0.3 is 0 Å². The summed E-state index contributed by atoms with van der Waals surface area (Å²) in [5, 5.41) is 5.74. The van der Waals surface area contributed by atoms with E-state index in [0.29, 0.717) is 5.56 Å². The lowest BCUT2D eigenvalue weighted by molar-refractivity contribution is 0.102. The van der Waals surface area contributed by atoms with Crippen molar-refractivity contribution in [3.63, 3.8) is 0 Å². The predicted octanol–water partition coefficient (Wildman–Crippen LogP) is 5.60. The van der Waals surface area contributed by atoms with Gasteiger partial charge in [0.15, 0.2) is 0 Å². The van der Waals surface area contributed by atoms with Gasteiger partial charge < -0.3 is 15.5 Å². The summed E-state index contributed by atoms with van der Waals surface area (Å²) in [4.78, 5) is 15.0. The normalized spacial score (nSPS) is 12.8. The summed E-state index contributed by atoms with van der Waals surface area (Å²) < 4.78 is 0. The number of benzene rings is 3. The quantitative estimate of drug-likeness (QED) is 0.570. The zero-order valence-corrected chi connectivity index (χ0v) is 18.8. The van der Waals surface area contributed by atoms with E-state index in [1.54, 1.807) is 0 Å². The average Bonchev–Trinajstić information content (AvgIpc) is 3.35. The van der Waals surface area contributed by atoms with Crippen molar-refractivity contribution in [2.24, 2.45) is 0 Å². The molecule has 4 nitrogen and oxygen atoms in total. The summed E-state index contributed by atoms with van der Waals surface area (Å²) in [6.07, 6.45) is 3.56. The minimum absolute atomic E-state index is 0.0817. The lowest BCUT2D eigenvalue weighted by Crippen LogP contribution is -2.17. The third-order valence-corrected chi connectivity index (χ3v) is 5.44. The van der Waals surface area contributed by atoms with E-state index < -0.39 is 0 Å². The van der Waals surface area contributed by atoms with Crippen LogP contribution in [-0.4, -0.2) is 33.1 Å². The van der Waals surface area contributed by atoms with Crippen LogP contribution < -0.4 is 15.5 Å². The van der Waals surface area contributed by atoms with E-state index in [9.17, 15) is 4.79 Å². The predicted molar refractivity (Wildman–Crippen MR) is 132 cm³/mol. The summed E-state index contributed by atoms with van der Waals surface area (Å²) >= 11 is 0. The lowest BCUT2D eigenvalue weighted by atomic mass is 10.0. The molecule has 1 amide bonds. The molecule has 0 radical (unpaired) electrons. The molecule has 0 aromatic heterocycles. The molecule has 1 fully saturated rings. The third kappa shape index (κ3) is 6.19. The third-order valence-electron chi connectivity index (χ3n) is 5.44. The number of hydrogen-bond acceptors (Lipinski definition) is 3. The van der Waals surface area contributed by atoms with Gasteiger partial charge in [0.2, 0.25) is 0 Å². The van der Waals surface area contributed by atoms with E-state index in [1.165, 1.54) is 29.7 Å². The van der Waals surface area contributed by atoms with Gasteiger partial charge in [-0.1, -0.05) is 43.3 Å². The first kappa shape index (κ1) is 22.6. The van der Waals surface area contributed by atoms with Crippen molar-refractivity contribution in [1.82, 2.24) is 5.32 Å². The van der Waals surface area contributed by atoms with Crippen LogP contribution in [0.25, 0.3) is 11.1 Å². The number of amides is 1. The van der Waals surface area contributed by atoms with Crippen LogP contribution in [0.2, 0.25) is 0 Å². The van der Waals surface area contributed by atoms with E-state index >= 15 is 0 Å². The number of nitrogens with zero attached hydrogens (tertiary/aromatic N) is 1. The Morgan fingerprint density at radius 2 is 1.32 bits per heavy atom. The maximum absolute atomic E-state index is 12.6. The molecule has 0 spiro atoms. The Morgan fingerprint density at radius 1 is 0.806 bits per heavy atom. The second-order valence-electron chi connectivity index (χ2n) is 7.82. The molecule has 0 saturated carbocycles. The zero-order chi connectivity index (χ0) is 22.1. The Morgan fingerprint density at radius 3 is 1.84 bits per heavy atom. The fraction of sp³-hybridized carbons (Fsp3) is 0.296. The molecular weight excluding hydrogens is 382 g/mol. The van der Waals surface area contributed by atoms with Crippen molar-refractivity contribution < 1.29 is 4.79 Å². The molecule has 1 saturated heterocycles. The Bertz CT molecular complexity index is 941. The molecule has 0 atom stereocenters. The Hall–Kier alpha value is -3.11. The molecule has 4 rings (SSSR count). The largest absolute Gasteiger partial charge is 0.372 e. The molecule has 0 unspecified atom stereocenters. The van der Waals surface area contributed by atoms with Crippen molar-refractivity contribution in [1.29, 1.82) is 0 Å². The summed E-state index contributed by atoms with van der Waals surface area (Å²) in [5.41, 5.74) is 6.34. The molecule has 3 aromatic carbocycles. The second kappa shape index (κ2) is 11.3. The molecule has 162 valence electrons. The minimum Gasteiger partial charge on any atom is -0.372 e. The number of nitrogens with one attached hydrogen (secondary N) is 2. The maximum atomic E-state index is 12.6. The van der Waals surface area contributed by atoms with Crippen molar-refractivity contribution in [2.45, 2.75) is 26.2 Å². The van der Waals surface area contributed by atoms with Crippen LogP contribution in [0.5, 0.6) is 0 Å². The lowest BCUT2D eigenvalue weighted by Gasteiger charge is -2.17. The summed E-state index contributed by atoms with van der Waals surface area (Å²) in [5.74, 6) is -0.0817. The van der Waals surface area contributed by atoms with Crippen molar-refractivity contribution >= 4 is 17.3 Å². The van der Waals surface area contributed by atoms with Crippen LogP contribution in [0.15, 0.2) is 72.8 Å². The number of aryl methyl sites for hydroxylation is 1. The van der Waals surface area contributed by atoms with E-state index in [1.807, 2.05) is 50.5 Å². The molecule has 31 heavy (non-hydrogen) atoms. The molecule has 3 aromatic rings. The zero-order valence-electron chi connectivity index (χ0n) is 18.8. The van der Waals surface area contributed by atoms with Gasteiger partial charge in [-0.15, -0.1) is 0 Å². The number of rotatable bonds is 5. The average molecular weight is 416 g/mol.